The van der Waals surface area contributed by atoms with E-state index >= 15 is 0 Å². The molecule has 2 aromatic rings. The number of fused-ring (bicyclic) bond motifs is 1. The summed E-state index contributed by atoms with van der Waals surface area (Å²) in [6, 6.07) is 8.21. The van der Waals surface area contributed by atoms with Crippen LogP contribution in [0.1, 0.15) is 37.4 Å². The number of likely N-dealkylation sites (tertiary alicyclic amines) is 1. The van der Waals surface area contributed by atoms with Crippen molar-refractivity contribution in [1.82, 2.24) is 20.2 Å². The Hall–Kier alpha value is -1.88. The molecule has 5 heteroatoms. The van der Waals surface area contributed by atoms with Crippen molar-refractivity contribution in [3.8, 4) is 0 Å². The standard InChI is InChI=1S/C17H22N4O/c22-17(15-6-3-9-18-15)21-10-7-12(8-11-21)16-19-13-4-1-2-5-14(13)20-16/h1-2,4-5,12,15,18H,3,6-11H2,(H,19,20). The summed E-state index contributed by atoms with van der Waals surface area (Å²) in [5.41, 5.74) is 2.14. The molecule has 5 nitrogen and oxygen atoms in total. The molecule has 2 fully saturated rings. The minimum absolute atomic E-state index is 0.0581. The maximum Gasteiger partial charge on any atom is 0.239 e. The molecular weight excluding hydrogens is 276 g/mol. The Morgan fingerprint density at radius 2 is 2.00 bits per heavy atom. The zero-order valence-electron chi connectivity index (χ0n) is 12.7. The van der Waals surface area contributed by atoms with Crippen molar-refractivity contribution >= 4 is 16.9 Å². The highest BCUT2D eigenvalue weighted by Gasteiger charge is 2.30. The summed E-state index contributed by atoms with van der Waals surface area (Å²) in [5, 5.41) is 3.30. The highest BCUT2D eigenvalue weighted by Crippen LogP contribution is 2.28. The number of rotatable bonds is 2. The van der Waals surface area contributed by atoms with E-state index in [1.807, 2.05) is 23.1 Å². The molecule has 0 radical (unpaired) electrons. The number of carbonyl (C=O) groups excluding carboxylic acids is 1. The van der Waals surface area contributed by atoms with Crippen molar-refractivity contribution < 1.29 is 4.79 Å². The van der Waals surface area contributed by atoms with E-state index in [-0.39, 0.29) is 6.04 Å². The first-order valence-electron chi connectivity index (χ1n) is 8.28. The topological polar surface area (TPSA) is 61.0 Å². The number of para-hydroxylation sites is 2. The lowest BCUT2D eigenvalue weighted by molar-refractivity contribution is -0.134. The Kier molecular flexibility index (Phi) is 3.58. The van der Waals surface area contributed by atoms with Gasteiger partial charge in [0.25, 0.3) is 0 Å². The predicted octanol–water partition coefficient (Wildman–Crippen LogP) is 2.02. The highest BCUT2D eigenvalue weighted by atomic mass is 16.2. The van der Waals surface area contributed by atoms with Crippen LogP contribution in [-0.2, 0) is 4.79 Å². The van der Waals surface area contributed by atoms with Gasteiger partial charge in [-0.15, -0.1) is 0 Å². The molecule has 1 unspecified atom stereocenters. The number of hydrogen-bond acceptors (Lipinski definition) is 3. The van der Waals surface area contributed by atoms with Gasteiger partial charge in [0.15, 0.2) is 0 Å². The lowest BCUT2D eigenvalue weighted by Crippen LogP contribution is -2.46. The summed E-state index contributed by atoms with van der Waals surface area (Å²) in [6.07, 6.45) is 4.10. The van der Waals surface area contributed by atoms with Gasteiger partial charge in [-0.05, 0) is 44.4 Å². The summed E-state index contributed by atoms with van der Waals surface area (Å²) in [6.45, 7) is 2.67. The molecule has 2 aliphatic heterocycles. The molecule has 1 amide bonds. The molecule has 1 aromatic carbocycles. The molecule has 2 aliphatic rings. The number of aromatic nitrogens is 2. The first-order chi connectivity index (χ1) is 10.8. The van der Waals surface area contributed by atoms with E-state index in [0.29, 0.717) is 11.8 Å². The van der Waals surface area contributed by atoms with E-state index in [9.17, 15) is 4.79 Å². The average Bonchev–Trinajstić information content (AvgIpc) is 3.23. The highest BCUT2D eigenvalue weighted by molar-refractivity contribution is 5.82. The Morgan fingerprint density at radius 1 is 1.18 bits per heavy atom. The quantitative estimate of drug-likeness (QED) is 0.891. The first-order valence-corrected chi connectivity index (χ1v) is 8.28. The lowest BCUT2D eigenvalue weighted by Gasteiger charge is -2.32. The van der Waals surface area contributed by atoms with E-state index in [1.165, 1.54) is 0 Å². The normalized spacial score (nSPS) is 23.3. The molecule has 0 saturated carbocycles. The summed E-state index contributed by atoms with van der Waals surface area (Å²) >= 11 is 0. The fourth-order valence-electron chi connectivity index (χ4n) is 3.65. The molecule has 0 aliphatic carbocycles. The second-order valence-corrected chi connectivity index (χ2v) is 6.39. The molecule has 1 atom stereocenters. The Labute approximate surface area is 130 Å². The number of aromatic amines is 1. The Bertz CT molecular complexity index is 633. The molecule has 4 rings (SSSR count). The second-order valence-electron chi connectivity index (χ2n) is 6.39. The Balaban J connectivity index is 1.41. The van der Waals surface area contributed by atoms with Gasteiger partial charge < -0.3 is 15.2 Å². The van der Waals surface area contributed by atoms with Gasteiger partial charge >= 0.3 is 0 Å². The van der Waals surface area contributed by atoms with Crippen LogP contribution >= 0.6 is 0 Å². The van der Waals surface area contributed by atoms with Gasteiger partial charge in [-0.2, -0.15) is 0 Å². The van der Waals surface area contributed by atoms with Crippen molar-refractivity contribution in [2.24, 2.45) is 0 Å². The van der Waals surface area contributed by atoms with E-state index in [2.05, 4.69) is 16.4 Å². The summed E-state index contributed by atoms with van der Waals surface area (Å²) in [5.74, 6) is 1.81. The third-order valence-corrected chi connectivity index (χ3v) is 4.96. The predicted molar refractivity (Wildman–Crippen MR) is 85.7 cm³/mol. The van der Waals surface area contributed by atoms with E-state index < -0.39 is 0 Å². The minimum atomic E-state index is 0.0581. The average molecular weight is 298 g/mol. The van der Waals surface area contributed by atoms with Crippen LogP contribution in [-0.4, -0.2) is 46.5 Å². The largest absolute Gasteiger partial charge is 0.342 e. The fourth-order valence-corrected chi connectivity index (χ4v) is 3.65. The monoisotopic (exact) mass is 298 g/mol. The third kappa shape index (κ3) is 2.50. The van der Waals surface area contributed by atoms with Gasteiger partial charge in [0.2, 0.25) is 5.91 Å². The molecule has 0 spiro atoms. The molecular formula is C17H22N4O. The number of benzene rings is 1. The van der Waals surface area contributed by atoms with Crippen LogP contribution in [0.3, 0.4) is 0 Å². The van der Waals surface area contributed by atoms with Crippen molar-refractivity contribution in [1.29, 1.82) is 0 Å². The van der Waals surface area contributed by atoms with Crippen LogP contribution < -0.4 is 5.32 Å². The zero-order chi connectivity index (χ0) is 14.9. The summed E-state index contributed by atoms with van der Waals surface area (Å²) in [7, 11) is 0. The molecule has 2 saturated heterocycles. The lowest BCUT2D eigenvalue weighted by atomic mass is 9.95. The first kappa shape index (κ1) is 13.8. The molecule has 0 bridgehead atoms. The van der Waals surface area contributed by atoms with Crippen LogP contribution in [0.2, 0.25) is 0 Å². The molecule has 22 heavy (non-hydrogen) atoms. The van der Waals surface area contributed by atoms with Gasteiger partial charge in [0.1, 0.15) is 5.82 Å². The van der Waals surface area contributed by atoms with Crippen molar-refractivity contribution in [2.75, 3.05) is 19.6 Å². The smallest absolute Gasteiger partial charge is 0.239 e. The van der Waals surface area contributed by atoms with Crippen molar-refractivity contribution in [2.45, 2.75) is 37.6 Å². The number of piperidine rings is 1. The number of nitrogens with zero attached hydrogens (tertiary/aromatic N) is 2. The maximum absolute atomic E-state index is 12.4. The van der Waals surface area contributed by atoms with Crippen LogP contribution in [0.25, 0.3) is 11.0 Å². The van der Waals surface area contributed by atoms with Gasteiger partial charge in [-0.1, -0.05) is 12.1 Å². The van der Waals surface area contributed by atoms with Crippen LogP contribution in [0, 0.1) is 0 Å². The van der Waals surface area contributed by atoms with Crippen molar-refractivity contribution in [3.63, 3.8) is 0 Å². The molecule has 1 aromatic heterocycles. The second kappa shape index (κ2) is 5.72. The van der Waals surface area contributed by atoms with Crippen LogP contribution in [0.5, 0.6) is 0 Å². The molecule has 2 N–H and O–H groups in total. The number of nitrogens with one attached hydrogen (secondary N) is 2. The SMILES string of the molecule is O=C(C1CCCN1)N1CCC(c2nc3ccccc3[nH]2)CC1. The number of amides is 1. The van der Waals surface area contributed by atoms with E-state index in [1.54, 1.807) is 0 Å². The zero-order valence-corrected chi connectivity index (χ0v) is 12.7. The molecule has 116 valence electrons. The van der Waals surface area contributed by atoms with Gasteiger partial charge in [-0.3, -0.25) is 4.79 Å². The number of imidazole rings is 1. The van der Waals surface area contributed by atoms with Crippen molar-refractivity contribution in [3.05, 3.63) is 30.1 Å². The molecule has 3 heterocycles. The van der Waals surface area contributed by atoms with Crippen LogP contribution in [0.4, 0.5) is 0 Å². The third-order valence-electron chi connectivity index (χ3n) is 4.96. The van der Waals surface area contributed by atoms with Crippen LogP contribution in [0.15, 0.2) is 24.3 Å². The number of hydrogen-bond donors (Lipinski definition) is 2. The van der Waals surface area contributed by atoms with Gasteiger partial charge in [0, 0.05) is 19.0 Å². The van der Waals surface area contributed by atoms with Gasteiger partial charge in [-0.25, -0.2) is 4.98 Å². The summed E-state index contributed by atoms with van der Waals surface area (Å²) in [4.78, 5) is 22.6. The Morgan fingerprint density at radius 3 is 2.73 bits per heavy atom. The van der Waals surface area contributed by atoms with E-state index in [4.69, 9.17) is 4.98 Å². The summed E-state index contributed by atoms with van der Waals surface area (Å²) < 4.78 is 0. The van der Waals surface area contributed by atoms with Gasteiger partial charge in [0.05, 0.1) is 17.1 Å². The van der Waals surface area contributed by atoms with E-state index in [0.717, 1.165) is 62.2 Å². The number of carbonyl (C=O) groups is 1. The minimum Gasteiger partial charge on any atom is -0.342 e. The number of H-pyrrole nitrogens is 1. The fraction of sp³-hybridized carbons (Fsp3) is 0.529. The maximum atomic E-state index is 12.4.